The van der Waals surface area contributed by atoms with Crippen LogP contribution in [-0.4, -0.2) is 30.3 Å². The van der Waals surface area contributed by atoms with Gasteiger partial charge in [-0.15, -0.1) is 12.6 Å². The Morgan fingerprint density at radius 2 is 1.74 bits per heavy atom. The molecule has 1 unspecified atom stereocenters. The highest BCUT2D eigenvalue weighted by atomic mass is 35.5. The molecular formula is C29H32ClNO5S2. The van der Waals surface area contributed by atoms with Gasteiger partial charge in [0.05, 0.1) is 16.8 Å². The van der Waals surface area contributed by atoms with Gasteiger partial charge in [0, 0.05) is 45.8 Å². The van der Waals surface area contributed by atoms with E-state index in [-0.39, 0.29) is 17.2 Å². The lowest BCUT2D eigenvalue weighted by atomic mass is 10.0. The zero-order chi connectivity index (χ0) is 27.9. The van der Waals surface area contributed by atoms with E-state index in [0.29, 0.717) is 24.3 Å². The van der Waals surface area contributed by atoms with E-state index in [1.165, 1.54) is 6.26 Å². The molecule has 0 aliphatic carbocycles. The number of carboxylic acids is 1. The van der Waals surface area contributed by atoms with E-state index < -0.39 is 15.8 Å². The molecule has 38 heavy (non-hydrogen) atoms. The van der Waals surface area contributed by atoms with Crippen LogP contribution in [0.1, 0.15) is 43.9 Å². The number of halogens is 1. The zero-order valence-electron chi connectivity index (χ0n) is 21.6. The van der Waals surface area contributed by atoms with Gasteiger partial charge in [0.25, 0.3) is 0 Å². The molecule has 0 amide bonds. The number of hydrogen-bond acceptors (Lipinski definition) is 5. The summed E-state index contributed by atoms with van der Waals surface area (Å²) >= 11 is 9.65. The van der Waals surface area contributed by atoms with E-state index in [4.69, 9.17) is 21.4 Å². The van der Waals surface area contributed by atoms with Gasteiger partial charge in [-0.2, -0.15) is 0 Å². The fourth-order valence-corrected chi connectivity index (χ4v) is 5.50. The summed E-state index contributed by atoms with van der Waals surface area (Å²) in [7, 11) is -3.47. The Labute approximate surface area is 234 Å². The van der Waals surface area contributed by atoms with Crippen LogP contribution in [0, 0.1) is 0 Å². The Bertz CT molecular complexity index is 1460. The van der Waals surface area contributed by atoms with Crippen LogP contribution >= 0.6 is 24.2 Å². The van der Waals surface area contributed by atoms with E-state index >= 15 is 0 Å². The van der Waals surface area contributed by atoms with Crippen LogP contribution in [0.2, 0.25) is 5.02 Å². The van der Waals surface area contributed by atoms with E-state index in [9.17, 15) is 13.2 Å². The van der Waals surface area contributed by atoms with Crippen molar-refractivity contribution >= 4 is 50.9 Å². The number of aryl methyl sites for hydroxylation is 1. The number of hydrogen-bond donors (Lipinski definition) is 2. The number of carbonyl (C=O) groups is 1. The van der Waals surface area contributed by atoms with Crippen molar-refractivity contribution in [2.45, 2.75) is 55.5 Å². The third-order valence-corrected chi connectivity index (χ3v) is 7.69. The Morgan fingerprint density at radius 3 is 2.32 bits per heavy atom. The van der Waals surface area contributed by atoms with Crippen molar-refractivity contribution in [3.63, 3.8) is 0 Å². The van der Waals surface area contributed by atoms with Gasteiger partial charge in [-0.3, -0.25) is 4.79 Å². The Kier molecular flexibility index (Phi) is 10.3. The molecule has 202 valence electrons. The number of aromatic nitrogens is 1. The van der Waals surface area contributed by atoms with Crippen molar-refractivity contribution in [3.8, 4) is 5.75 Å². The summed E-state index contributed by atoms with van der Waals surface area (Å²) in [6.45, 7) is 5.01. The Hall–Kier alpha value is -2.94. The molecule has 6 nitrogen and oxygen atoms in total. The molecule has 5 rings (SSSR count). The quantitative estimate of drug-likeness (QED) is 0.237. The summed E-state index contributed by atoms with van der Waals surface area (Å²) in [6.07, 6.45) is 1.96. The van der Waals surface area contributed by atoms with Gasteiger partial charge in [0.1, 0.15) is 12.4 Å². The van der Waals surface area contributed by atoms with Crippen LogP contribution in [0.15, 0.2) is 82.6 Å². The first-order chi connectivity index (χ1) is 18.1. The minimum absolute atomic E-state index is 0.0435. The Morgan fingerprint density at radius 1 is 1.08 bits per heavy atom. The van der Waals surface area contributed by atoms with Crippen molar-refractivity contribution in [2.24, 2.45) is 0 Å². The summed E-state index contributed by atoms with van der Waals surface area (Å²) < 4.78 is 32.7. The molecule has 9 heteroatoms. The molecule has 0 spiro atoms. The zero-order valence-corrected chi connectivity index (χ0v) is 24.1. The fraction of sp³-hybridized carbons (Fsp3) is 0.276. The van der Waals surface area contributed by atoms with Crippen molar-refractivity contribution in [1.82, 2.24) is 4.57 Å². The molecule has 0 radical (unpaired) electrons. The summed E-state index contributed by atoms with van der Waals surface area (Å²) in [6, 6.07) is 22.2. The summed E-state index contributed by atoms with van der Waals surface area (Å²) in [5, 5.41) is 10.5. The highest BCUT2D eigenvalue weighted by Gasteiger charge is 2.29. The van der Waals surface area contributed by atoms with Gasteiger partial charge in [-0.25, -0.2) is 8.42 Å². The van der Waals surface area contributed by atoms with Crippen LogP contribution in [0.4, 0.5) is 0 Å². The third-order valence-electron chi connectivity index (χ3n) is 6.00. The maximum Gasteiger partial charge on any atom is 0.304 e. The molecule has 2 heterocycles. The third kappa shape index (κ3) is 7.56. The smallest absolute Gasteiger partial charge is 0.304 e. The molecule has 3 aromatic carbocycles. The number of nitrogens with zero attached hydrogens (tertiary/aromatic N) is 1. The minimum atomic E-state index is -3.47. The molecule has 0 fully saturated rings. The maximum absolute atomic E-state index is 12.4. The number of benzene rings is 3. The molecule has 1 aliphatic rings. The van der Waals surface area contributed by atoms with Crippen molar-refractivity contribution in [2.75, 3.05) is 6.26 Å². The lowest BCUT2D eigenvalue weighted by Gasteiger charge is -2.10. The highest BCUT2D eigenvalue weighted by molar-refractivity contribution is 7.91. The Balaban J connectivity index is 0.000000339. The molecule has 4 aromatic rings. The molecule has 0 bridgehead atoms. The maximum atomic E-state index is 12.4. The number of rotatable bonds is 6. The van der Waals surface area contributed by atoms with Gasteiger partial charge in [0.15, 0.2) is 9.84 Å². The number of ether oxygens (including phenoxy) is 1. The number of carboxylic acid groups (broad SMARTS) is 1. The van der Waals surface area contributed by atoms with Gasteiger partial charge in [0.2, 0.25) is 0 Å². The normalized spacial score (nSPS) is 14.1. The summed E-state index contributed by atoms with van der Waals surface area (Å²) in [5.41, 5.74) is 2.64. The second kappa shape index (κ2) is 13.2. The van der Waals surface area contributed by atoms with Crippen molar-refractivity contribution in [3.05, 3.63) is 89.1 Å². The van der Waals surface area contributed by atoms with E-state index in [2.05, 4.69) is 12.6 Å². The topological polar surface area (TPSA) is 85.6 Å². The van der Waals surface area contributed by atoms with E-state index in [1.54, 1.807) is 6.07 Å². The molecular weight excluding hydrogens is 542 g/mol. The number of sulfone groups is 1. The minimum Gasteiger partial charge on any atom is -0.489 e. The second-order valence-corrected chi connectivity index (χ2v) is 11.6. The summed E-state index contributed by atoms with van der Waals surface area (Å²) in [4.78, 5) is 12.3. The van der Waals surface area contributed by atoms with Crippen molar-refractivity contribution in [1.29, 1.82) is 0 Å². The van der Waals surface area contributed by atoms with Crippen LogP contribution in [0.5, 0.6) is 5.75 Å². The highest BCUT2D eigenvalue weighted by Crippen LogP contribution is 2.40. The van der Waals surface area contributed by atoms with Gasteiger partial charge in [-0.1, -0.05) is 55.8 Å². The molecule has 0 saturated heterocycles. The monoisotopic (exact) mass is 573 g/mol. The van der Waals surface area contributed by atoms with Gasteiger partial charge in [-0.05, 0) is 48.4 Å². The summed E-state index contributed by atoms with van der Waals surface area (Å²) in [5.74, 6) is -0.468. The molecule has 1 aliphatic heterocycles. The predicted octanol–water partition coefficient (Wildman–Crippen LogP) is 7.24. The predicted molar refractivity (Wildman–Crippen MR) is 155 cm³/mol. The van der Waals surface area contributed by atoms with Gasteiger partial charge < -0.3 is 14.4 Å². The molecule has 1 atom stereocenters. The van der Waals surface area contributed by atoms with Gasteiger partial charge >= 0.3 is 5.97 Å². The first kappa shape index (κ1) is 29.6. The van der Waals surface area contributed by atoms with Crippen LogP contribution in [-0.2, 0) is 27.8 Å². The first-order valence-corrected chi connectivity index (χ1v) is 15.0. The lowest BCUT2D eigenvalue weighted by molar-refractivity contribution is -0.137. The van der Waals surface area contributed by atoms with Crippen LogP contribution in [0.3, 0.4) is 0 Å². The lowest BCUT2D eigenvalue weighted by Crippen LogP contribution is -2.02. The average Bonchev–Trinajstić information content (AvgIpc) is 3.45. The number of thiol groups is 1. The van der Waals surface area contributed by atoms with Crippen LogP contribution in [0.25, 0.3) is 10.9 Å². The molecule has 1 aromatic heterocycles. The van der Waals surface area contributed by atoms with Crippen molar-refractivity contribution < 1.29 is 23.1 Å². The standard InChI is InChI=1S/C21H21NO5S.C6H5ClS.C2H6/c1-28(25,26)20-11-16(27-13-14-5-3-2-4-6-14)10-19-17(20)12-18-15(9-21(23)24)7-8-22(18)19;7-5-1-3-6(8)4-2-5;1-2/h2-6,10-12,15H,7-9,13H2,1H3,(H,23,24);1-4,8H;1-2H3. The second-order valence-electron chi connectivity index (χ2n) is 8.68. The van der Waals surface area contributed by atoms with Crippen LogP contribution < -0.4 is 4.74 Å². The largest absolute Gasteiger partial charge is 0.489 e. The first-order valence-electron chi connectivity index (χ1n) is 12.3. The van der Waals surface area contributed by atoms with E-state index in [0.717, 1.165) is 33.1 Å². The number of fused-ring (bicyclic) bond motifs is 3. The molecule has 0 saturated carbocycles. The SMILES string of the molecule is CC.CS(=O)(=O)c1cc(OCc2ccccc2)cc2c1cc1n2CCC1CC(=O)O.Sc1ccc(Cl)cc1. The molecule has 1 N–H and O–H groups in total. The average molecular weight is 574 g/mol. The van der Waals surface area contributed by atoms with E-state index in [1.807, 2.05) is 85.1 Å². The fourth-order valence-electron chi connectivity index (χ4n) is 4.33. The number of aliphatic carboxylic acids is 1.